The Morgan fingerprint density at radius 2 is 1.37 bits per heavy atom. The van der Waals surface area contributed by atoms with Crippen molar-refractivity contribution in [2.75, 3.05) is 19.5 Å². The van der Waals surface area contributed by atoms with Crippen LogP contribution >= 0.6 is 0 Å². The van der Waals surface area contributed by atoms with Crippen molar-refractivity contribution in [3.8, 4) is 17.8 Å². The molecule has 7 nitrogen and oxygen atoms in total. The molecule has 2 aromatic rings. The topological polar surface area (TPSA) is 78.4 Å². The Bertz CT molecular complexity index is 753. The second-order valence-electron chi connectivity index (χ2n) is 4.86. The average Bonchev–Trinajstić information content (AvgIpc) is 2.58. The highest BCUT2D eigenvalue weighted by atomic mass is 19.4. The minimum absolute atomic E-state index is 0.373. The lowest BCUT2D eigenvalue weighted by Crippen LogP contribution is -2.46. The van der Waals surface area contributed by atoms with Crippen LogP contribution < -0.4 is 19.5 Å². The van der Waals surface area contributed by atoms with Gasteiger partial charge in [0.1, 0.15) is 5.75 Å². The number of ether oxygens (including phenoxy) is 3. The third-order valence-electron chi connectivity index (χ3n) is 2.94. The van der Waals surface area contributed by atoms with Crippen molar-refractivity contribution < 1.29 is 40.6 Å². The first-order valence-corrected chi connectivity index (χ1v) is 7.04. The lowest BCUT2D eigenvalue weighted by molar-refractivity contribution is -0.301. The Hall–Kier alpha value is -2.99. The molecular weight excluding hydrogens is 386 g/mol. The predicted molar refractivity (Wildman–Crippen MR) is 79.2 cm³/mol. The largest absolute Gasteiger partial charge is 0.497 e. The summed E-state index contributed by atoms with van der Waals surface area (Å²) in [6, 6.07) is 4.40. The smallest absolute Gasteiger partial charge is 0.434 e. The number of nitrogens with one attached hydrogen (secondary N) is 1. The minimum atomic E-state index is -5.72. The van der Waals surface area contributed by atoms with Gasteiger partial charge in [0.2, 0.25) is 5.95 Å². The van der Waals surface area contributed by atoms with Crippen LogP contribution in [0.15, 0.2) is 24.3 Å². The molecule has 2 rings (SSSR count). The number of methoxy groups -OCH3 is 2. The summed E-state index contributed by atoms with van der Waals surface area (Å²) in [6.45, 7) is 0. The summed E-state index contributed by atoms with van der Waals surface area (Å²) in [4.78, 5) is 10.4. The fraction of sp³-hybridized carbons (Fsp3) is 0.357. The first-order valence-electron chi connectivity index (χ1n) is 7.04. The van der Waals surface area contributed by atoms with E-state index in [-0.39, 0.29) is 5.95 Å². The van der Waals surface area contributed by atoms with Gasteiger partial charge in [-0.15, -0.1) is 4.98 Å². The molecule has 0 amide bonds. The quantitative estimate of drug-likeness (QED) is 0.747. The molecule has 0 unspecified atom stereocenters. The van der Waals surface area contributed by atoms with Crippen LogP contribution in [-0.4, -0.2) is 47.6 Å². The molecule has 0 aliphatic heterocycles. The van der Waals surface area contributed by atoms with Crippen LogP contribution in [0.5, 0.6) is 17.8 Å². The SMILES string of the molecule is COc1ccc(Nc2nc(OC)nc(OC(C(F)(F)F)C(F)(F)F)n2)cc1. The van der Waals surface area contributed by atoms with Crippen molar-refractivity contribution in [1.29, 1.82) is 0 Å². The molecule has 0 saturated heterocycles. The van der Waals surface area contributed by atoms with Crippen molar-refractivity contribution in [1.82, 2.24) is 15.0 Å². The van der Waals surface area contributed by atoms with Crippen LogP contribution in [0.1, 0.15) is 0 Å². The van der Waals surface area contributed by atoms with E-state index in [2.05, 4.69) is 29.7 Å². The molecule has 1 aromatic carbocycles. The Balaban J connectivity index is 2.30. The van der Waals surface area contributed by atoms with Crippen molar-refractivity contribution in [2.24, 2.45) is 0 Å². The van der Waals surface area contributed by atoms with Crippen LogP contribution in [0.2, 0.25) is 0 Å². The average molecular weight is 398 g/mol. The second kappa shape index (κ2) is 7.72. The number of anilines is 2. The zero-order chi connectivity index (χ0) is 20.2. The summed E-state index contributed by atoms with van der Waals surface area (Å²) >= 11 is 0. The van der Waals surface area contributed by atoms with Gasteiger partial charge in [0.05, 0.1) is 14.2 Å². The molecule has 0 spiro atoms. The molecule has 1 aromatic heterocycles. The number of hydrogen-bond donors (Lipinski definition) is 1. The van der Waals surface area contributed by atoms with Gasteiger partial charge in [0.25, 0.3) is 6.10 Å². The summed E-state index contributed by atoms with van der Waals surface area (Å²) in [6.07, 6.45) is -15.5. The van der Waals surface area contributed by atoms with Gasteiger partial charge < -0.3 is 19.5 Å². The molecular formula is C14H12F6N4O3. The molecule has 0 bridgehead atoms. The van der Waals surface area contributed by atoms with Gasteiger partial charge in [-0.25, -0.2) is 0 Å². The van der Waals surface area contributed by atoms with Crippen molar-refractivity contribution in [3.63, 3.8) is 0 Å². The highest BCUT2D eigenvalue weighted by Gasteiger charge is 2.59. The van der Waals surface area contributed by atoms with E-state index in [0.717, 1.165) is 7.11 Å². The van der Waals surface area contributed by atoms with E-state index in [1.165, 1.54) is 19.2 Å². The van der Waals surface area contributed by atoms with Crippen molar-refractivity contribution >= 4 is 11.6 Å². The van der Waals surface area contributed by atoms with Gasteiger partial charge in [0.15, 0.2) is 0 Å². The highest BCUT2D eigenvalue weighted by Crippen LogP contribution is 2.36. The van der Waals surface area contributed by atoms with Gasteiger partial charge in [-0.3, -0.25) is 0 Å². The number of alkyl halides is 6. The maximum absolute atomic E-state index is 12.6. The molecule has 0 atom stereocenters. The standard InChI is InChI=1S/C14H12F6N4O3/c1-25-8-5-3-7(4-6-8)21-10-22-11(26-2)24-12(23-10)27-9(13(15,16)17)14(18,19)20/h3-6,9H,1-2H3,(H,21,22,23,24). The number of nitrogens with zero attached hydrogens (tertiary/aromatic N) is 3. The summed E-state index contributed by atoms with van der Waals surface area (Å²) in [5.74, 6) is 0.140. The zero-order valence-electron chi connectivity index (χ0n) is 13.7. The Morgan fingerprint density at radius 1 is 0.815 bits per heavy atom. The number of benzene rings is 1. The first kappa shape index (κ1) is 20.3. The van der Waals surface area contributed by atoms with Crippen molar-refractivity contribution in [3.05, 3.63) is 24.3 Å². The molecule has 0 saturated carbocycles. The zero-order valence-corrected chi connectivity index (χ0v) is 13.7. The van der Waals surface area contributed by atoms with E-state index in [9.17, 15) is 26.3 Å². The maximum Gasteiger partial charge on any atom is 0.434 e. The van der Waals surface area contributed by atoms with Crippen LogP contribution in [0.4, 0.5) is 38.0 Å². The van der Waals surface area contributed by atoms with Gasteiger partial charge in [0, 0.05) is 5.69 Å². The molecule has 0 aliphatic carbocycles. The molecule has 27 heavy (non-hydrogen) atoms. The monoisotopic (exact) mass is 398 g/mol. The lowest BCUT2D eigenvalue weighted by Gasteiger charge is -2.22. The molecule has 0 fully saturated rings. The molecule has 148 valence electrons. The number of halogens is 6. The third kappa shape index (κ3) is 5.49. The first-order chi connectivity index (χ1) is 12.5. The fourth-order valence-electron chi connectivity index (χ4n) is 1.77. The molecule has 0 radical (unpaired) electrons. The number of rotatable bonds is 6. The second-order valence-corrected chi connectivity index (χ2v) is 4.86. The van der Waals surface area contributed by atoms with E-state index < -0.39 is 30.5 Å². The van der Waals surface area contributed by atoms with Crippen LogP contribution in [0.25, 0.3) is 0 Å². The highest BCUT2D eigenvalue weighted by molar-refractivity contribution is 5.54. The summed E-state index contributed by atoms with van der Waals surface area (Å²) in [5.41, 5.74) is 0.373. The Labute approximate surface area is 148 Å². The summed E-state index contributed by atoms with van der Waals surface area (Å²) in [7, 11) is 2.52. The van der Waals surface area contributed by atoms with Crippen LogP contribution in [-0.2, 0) is 0 Å². The number of hydrogen-bond acceptors (Lipinski definition) is 7. The molecule has 1 N–H and O–H groups in total. The third-order valence-corrected chi connectivity index (χ3v) is 2.94. The Kier molecular flexibility index (Phi) is 5.81. The van der Waals surface area contributed by atoms with Crippen molar-refractivity contribution in [2.45, 2.75) is 18.5 Å². The predicted octanol–water partition coefficient (Wildman–Crippen LogP) is 3.50. The van der Waals surface area contributed by atoms with E-state index in [4.69, 9.17) is 4.74 Å². The summed E-state index contributed by atoms with van der Waals surface area (Å²) in [5, 5.41) is 2.58. The fourth-order valence-corrected chi connectivity index (χ4v) is 1.77. The van der Waals surface area contributed by atoms with Gasteiger partial charge in [-0.2, -0.15) is 36.3 Å². The molecule has 0 aliphatic rings. The normalized spacial score (nSPS) is 12.0. The molecule has 13 heteroatoms. The lowest BCUT2D eigenvalue weighted by atomic mass is 10.3. The maximum atomic E-state index is 12.6. The van der Waals surface area contributed by atoms with E-state index >= 15 is 0 Å². The minimum Gasteiger partial charge on any atom is -0.497 e. The van der Waals surface area contributed by atoms with E-state index in [1.807, 2.05) is 0 Å². The van der Waals surface area contributed by atoms with Crippen LogP contribution in [0, 0.1) is 0 Å². The van der Waals surface area contributed by atoms with Gasteiger partial charge in [-0.1, -0.05) is 0 Å². The Morgan fingerprint density at radius 3 is 1.85 bits per heavy atom. The van der Waals surface area contributed by atoms with E-state index in [0.29, 0.717) is 11.4 Å². The summed E-state index contributed by atoms with van der Waals surface area (Å²) < 4.78 is 89.3. The van der Waals surface area contributed by atoms with Gasteiger partial charge >= 0.3 is 24.4 Å². The molecule has 1 heterocycles. The van der Waals surface area contributed by atoms with Gasteiger partial charge in [-0.05, 0) is 24.3 Å². The van der Waals surface area contributed by atoms with E-state index in [1.54, 1.807) is 12.1 Å². The number of aromatic nitrogens is 3. The van der Waals surface area contributed by atoms with Crippen LogP contribution in [0.3, 0.4) is 0 Å².